The van der Waals surface area contributed by atoms with Crippen molar-refractivity contribution in [2.24, 2.45) is 5.92 Å². The molecular weight excluding hydrogens is 426 g/mol. The zero-order chi connectivity index (χ0) is 22.4. The first-order valence-electron chi connectivity index (χ1n) is 9.17. The molecule has 30 heavy (non-hydrogen) atoms. The molecule has 0 aliphatic carbocycles. The van der Waals surface area contributed by atoms with Crippen molar-refractivity contribution in [1.82, 2.24) is 5.32 Å². The number of hydrogen-bond donors (Lipinski definition) is 2. The van der Waals surface area contributed by atoms with Crippen molar-refractivity contribution in [2.45, 2.75) is 33.7 Å². The predicted octanol–water partition coefficient (Wildman–Crippen LogP) is 3.83. The van der Waals surface area contributed by atoms with Crippen LogP contribution in [-0.2, 0) is 14.3 Å². The van der Waals surface area contributed by atoms with E-state index in [4.69, 9.17) is 16.3 Å². The van der Waals surface area contributed by atoms with Crippen molar-refractivity contribution in [2.75, 3.05) is 11.9 Å². The SMILES string of the molecule is Cc1sc(NC(=O)COC(=O)C(NC(=O)c2ccc(Cl)cc2)C(C)C)c(C#N)c1C. The van der Waals surface area contributed by atoms with E-state index in [1.165, 1.54) is 11.3 Å². The maximum atomic E-state index is 12.5. The third-order valence-corrected chi connectivity index (χ3v) is 5.78. The Hall–Kier alpha value is -2.89. The zero-order valence-electron chi connectivity index (χ0n) is 17.0. The van der Waals surface area contributed by atoms with E-state index in [0.717, 1.165) is 10.4 Å². The molecule has 0 radical (unpaired) electrons. The van der Waals surface area contributed by atoms with Crippen molar-refractivity contribution < 1.29 is 19.1 Å². The minimum Gasteiger partial charge on any atom is -0.454 e. The van der Waals surface area contributed by atoms with Crippen molar-refractivity contribution >= 4 is 45.7 Å². The lowest BCUT2D eigenvalue weighted by Crippen LogP contribution is -2.45. The molecule has 0 aliphatic heterocycles. The lowest BCUT2D eigenvalue weighted by atomic mass is 10.0. The van der Waals surface area contributed by atoms with Crippen LogP contribution in [0.1, 0.15) is 40.2 Å². The van der Waals surface area contributed by atoms with Gasteiger partial charge in [-0.1, -0.05) is 25.4 Å². The minimum absolute atomic E-state index is 0.260. The van der Waals surface area contributed by atoms with Gasteiger partial charge in [-0.15, -0.1) is 11.3 Å². The maximum absolute atomic E-state index is 12.5. The van der Waals surface area contributed by atoms with Gasteiger partial charge < -0.3 is 15.4 Å². The molecule has 9 heteroatoms. The highest BCUT2D eigenvalue weighted by Crippen LogP contribution is 2.31. The number of amides is 2. The molecule has 2 rings (SSSR count). The molecule has 0 aliphatic rings. The largest absolute Gasteiger partial charge is 0.454 e. The van der Waals surface area contributed by atoms with Crippen LogP contribution in [0.5, 0.6) is 0 Å². The number of rotatable bonds is 7. The third-order valence-electron chi connectivity index (χ3n) is 4.41. The number of esters is 1. The predicted molar refractivity (Wildman–Crippen MR) is 116 cm³/mol. The molecule has 7 nitrogen and oxygen atoms in total. The van der Waals surface area contributed by atoms with Crippen LogP contribution in [0.4, 0.5) is 5.00 Å². The van der Waals surface area contributed by atoms with Crippen LogP contribution in [0.3, 0.4) is 0 Å². The first-order valence-corrected chi connectivity index (χ1v) is 10.4. The zero-order valence-corrected chi connectivity index (χ0v) is 18.6. The Kier molecular flexibility index (Phi) is 7.98. The number of hydrogen-bond acceptors (Lipinski definition) is 6. The van der Waals surface area contributed by atoms with Crippen LogP contribution in [0.25, 0.3) is 0 Å². The van der Waals surface area contributed by atoms with Crippen LogP contribution in [0.2, 0.25) is 5.02 Å². The lowest BCUT2D eigenvalue weighted by Gasteiger charge is -2.20. The Morgan fingerprint density at radius 3 is 2.40 bits per heavy atom. The molecule has 0 saturated heterocycles. The number of benzene rings is 1. The fourth-order valence-electron chi connectivity index (χ4n) is 2.56. The summed E-state index contributed by atoms with van der Waals surface area (Å²) in [6.45, 7) is 6.64. The summed E-state index contributed by atoms with van der Waals surface area (Å²) >= 11 is 7.11. The fourth-order valence-corrected chi connectivity index (χ4v) is 3.72. The van der Waals surface area contributed by atoms with Gasteiger partial charge in [0.05, 0.1) is 5.56 Å². The molecular formula is C21H22ClN3O4S. The molecule has 2 N–H and O–H groups in total. The average Bonchev–Trinajstić information content (AvgIpc) is 2.96. The van der Waals surface area contributed by atoms with Crippen molar-refractivity contribution in [1.29, 1.82) is 5.26 Å². The highest BCUT2D eigenvalue weighted by molar-refractivity contribution is 7.16. The second-order valence-corrected chi connectivity index (χ2v) is 8.62. The van der Waals surface area contributed by atoms with Crippen molar-refractivity contribution in [3.05, 3.63) is 50.9 Å². The topological polar surface area (TPSA) is 108 Å². The Balaban J connectivity index is 1.97. The Morgan fingerprint density at radius 2 is 1.83 bits per heavy atom. The number of anilines is 1. The van der Waals surface area contributed by atoms with Gasteiger partial charge in [0.2, 0.25) is 0 Å². The van der Waals surface area contributed by atoms with Gasteiger partial charge in [0.1, 0.15) is 17.1 Å². The first-order chi connectivity index (χ1) is 14.1. The van der Waals surface area contributed by atoms with Crippen molar-refractivity contribution in [3.8, 4) is 6.07 Å². The summed E-state index contributed by atoms with van der Waals surface area (Å²) in [6.07, 6.45) is 0. The summed E-state index contributed by atoms with van der Waals surface area (Å²) in [5.41, 5.74) is 1.55. The van der Waals surface area contributed by atoms with E-state index in [1.807, 2.05) is 6.92 Å². The second-order valence-electron chi connectivity index (χ2n) is 6.96. The van der Waals surface area contributed by atoms with Gasteiger partial charge in [-0.25, -0.2) is 4.79 Å². The van der Waals surface area contributed by atoms with E-state index in [-0.39, 0.29) is 5.92 Å². The molecule has 158 valence electrons. The standard InChI is InChI=1S/C21H22ClN3O4S/c1-11(2)18(25-19(27)14-5-7-15(22)8-6-14)21(28)29-10-17(26)24-20-16(9-23)12(3)13(4)30-20/h5-8,11,18H,10H2,1-4H3,(H,24,26)(H,25,27). The van der Waals surface area contributed by atoms with Gasteiger partial charge in [0.15, 0.2) is 6.61 Å². The smallest absolute Gasteiger partial charge is 0.329 e. The Labute approximate surface area is 184 Å². The maximum Gasteiger partial charge on any atom is 0.329 e. The summed E-state index contributed by atoms with van der Waals surface area (Å²) in [4.78, 5) is 37.9. The van der Waals surface area contributed by atoms with Gasteiger partial charge in [-0.3, -0.25) is 9.59 Å². The molecule has 1 heterocycles. The number of thiophene rings is 1. The van der Waals surface area contributed by atoms with Gasteiger partial charge >= 0.3 is 5.97 Å². The first kappa shape index (κ1) is 23.4. The number of nitrogens with one attached hydrogen (secondary N) is 2. The summed E-state index contributed by atoms with van der Waals surface area (Å²) in [7, 11) is 0. The monoisotopic (exact) mass is 447 g/mol. The van der Waals surface area contributed by atoms with Crippen LogP contribution in [0, 0.1) is 31.1 Å². The summed E-state index contributed by atoms with van der Waals surface area (Å²) in [5.74, 6) is -1.99. The molecule has 0 fully saturated rings. The molecule has 1 unspecified atom stereocenters. The molecule has 0 saturated carbocycles. The second kappa shape index (κ2) is 10.2. The van der Waals surface area contributed by atoms with Crippen LogP contribution >= 0.6 is 22.9 Å². The summed E-state index contributed by atoms with van der Waals surface area (Å²) < 4.78 is 5.10. The number of carbonyl (C=O) groups excluding carboxylic acids is 3. The Morgan fingerprint density at radius 1 is 1.20 bits per heavy atom. The number of nitrogens with zero attached hydrogens (tertiary/aromatic N) is 1. The highest BCUT2D eigenvalue weighted by Gasteiger charge is 2.27. The minimum atomic E-state index is -0.929. The molecule has 0 spiro atoms. The van der Waals surface area contributed by atoms with E-state index in [1.54, 1.807) is 45.0 Å². The fraction of sp³-hybridized carbons (Fsp3) is 0.333. The number of aryl methyl sites for hydroxylation is 1. The number of carbonyl (C=O) groups is 3. The van der Waals surface area contributed by atoms with Gasteiger partial charge in [0, 0.05) is 15.5 Å². The number of nitriles is 1. The van der Waals surface area contributed by atoms with Gasteiger partial charge in [0.25, 0.3) is 11.8 Å². The van der Waals surface area contributed by atoms with Crippen LogP contribution in [0.15, 0.2) is 24.3 Å². The number of halogens is 1. The highest BCUT2D eigenvalue weighted by atomic mass is 35.5. The molecule has 2 aromatic rings. The molecule has 1 atom stereocenters. The van der Waals surface area contributed by atoms with Crippen molar-refractivity contribution in [3.63, 3.8) is 0 Å². The quantitative estimate of drug-likeness (QED) is 0.627. The van der Waals surface area contributed by atoms with E-state index >= 15 is 0 Å². The Bertz CT molecular complexity index is 993. The summed E-state index contributed by atoms with van der Waals surface area (Å²) in [5, 5.41) is 15.4. The molecule has 2 amide bonds. The van der Waals surface area contributed by atoms with Crippen LogP contribution in [-0.4, -0.2) is 30.4 Å². The van der Waals surface area contributed by atoms with E-state index in [2.05, 4.69) is 16.7 Å². The van der Waals surface area contributed by atoms with E-state index in [9.17, 15) is 19.6 Å². The summed E-state index contributed by atoms with van der Waals surface area (Å²) in [6, 6.07) is 7.38. The molecule has 0 bridgehead atoms. The normalized spacial score (nSPS) is 11.5. The third kappa shape index (κ3) is 5.81. The average molecular weight is 448 g/mol. The molecule has 1 aromatic heterocycles. The lowest BCUT2D eigenvalue weighted by molar-refractivity contribution is -0.150. The van der Waals surface area contributed by atoms with Gasteiger partial charge in [-0.2, -0.15) is 5.26 Å². The van der Waals surface area contributed by atoms with E-state index in [0.29, 0.717) is 21.2 Å². The molecule has 1 aromatic carbocycles. The van der Waals surface area contributed by atoms with Gasteiger partial charge in [-0.05, 0) is 49.6 Å². The van der Waals surface area contributed by atoms with Crippen LogP contribution < -0.4 is 10.6 Å². The van der Waals surface area contributed by atoms with E-state index < -0.39 is 30.4 Å². The number of ether oxygens (including phenoxy) is 1.